The molecular formula is C19H22ClIN4. The highest BCUT2D eigenvalue weighted by Crippen LogP contribution is 2.36. The summed E-state index contributed by atoms with van der Waals surface area (Å²) in [6.45, 7) is 4.26. The van der Waals surface area contributed by atoms with E-state index in [4.69, 9.17) is 16.6 Å². The third-order valence-corrected chi connectivity index (χ3v) is 5.11. The highest BCUT2D eigenvalue weighted by molar-refractivity contribution is 6.31. The van der Waals surface area contributed by atoms with E-state index in [2.05, 4.69) is 48.6 Å². The molecule has 0 bridgehead atoms. The number of halogens is 2. The highest BCUT2D eigenvalue weighted by atomic mass is 127. The molecule has 6 heteroatoms. The number of nitrogens with zero attached hydrogens (tertiary/aromatic N) is 3. The van der Waals surface area contributed by atoms with Crippen LogP contribution < -0.4 is 29.3 Å². The fourth-order valence-electron chi connectivity index (χ4n) is 3.27. The summed E-state index contributed by atoms with van der Waals surface area (Å²) in [6, 6.07) is 14.2. The molecular weight excluding hydrogens is 447 g/mol. The van der Waals surface area contributed by atoms with Crippen molar-refractivity contribution in [3.05, 3.63) is 53.1 Å². The van der Waals surface area contributed by atoms with Crippen molar-refractivity contribution in [2.75, 3.05) is 45.6 Å². The second-order valence-electron chi connectivity index (χ2n) is 7.14. The maximum Gasteiger partial charge on any atom is 0.139 e. The first-order valence-electron chi connectivity index (χ1n) is 8.33. The standard InChI is InChI=1S/C19H22ClN4.HI/c1-24(2)11-9-23(10-12-24)19-15-5-3-4-6-16(15)21-17-8-7-14(20)13-18(17)22-19;/h3-8,13,21H,9-12H2,1-2H3;1H/q+1;/p-1. The van der Waals surface area contributed by atoms with Gasteiger partial charge >= 0.3 is 0 Å². The van der Waals surface area contributed by atoms with Gasteiger partial charge in [0.1, 0.15) is 5.84 Å². The van der Waals surface area contributed by atoms with Gasteiger partial charge in [0, 0.05) is 16.3 Å². The van der Waals surface area contributed by atoms with Crippen LogP contribution in [0.1, 0.15) is 5.56 Å². The van der Waals surface area contributed by atoms with E-state index in [9.17, 15) is 0 Å². The van der Waals surface area contributed by atoms with Gasteiger partial charge in [0.2, 0.25) is 0 Å². The zero-order chi connectivity index (χ0) is 16.7. The summed E-state index contributed by atoms with van der Waals surface area (Å²) in [4.78, 5) is 7.40. The summed E-state index contributed by atoms with van der Waals surface area (Å²) in [5, 5.41) is 4.22. The van der Waals surface area contributed by atoms with Crippen molar-refractivity contribution in [3.8, 4) is 0 Å². The second kappa shape index (κ2) is 7.13. The Morgan fingerprint density at radius 2 is 1.76 bits per heavy atom. The first-order valence-corrected chi connectivity index (χ1v) is 8.71. The number of aliphatic imine (C=N–C) groups is 1. The van der Waals surface area contributed by atoms with Crippen LogP contribution in [0.2, 0.25) is 5.02 Å². The number of quaternary nitrogens is 1. The van der Waals surface area contributed by atoms with Crippen molar-refractivity contribution < 1.29 is 28.5 Å². The Labute approximate surface area is 171 Å². The Morgan fingerprint density at radius 1 is 1.04 bits per heavy atom. The van der Waals surface area contributed by atoms with Crippen molar-refractivity contribution in [2.24, 2.45) is 4.99 Å². The number of likely N-dealkylation sites (N-methyl/N-ethyl adjacent to an activating group) is 1. The molecule has 4 rings (SSSR count). The third kappa shape index (κ3) is 3.78. The van der Waals surface area contributed by atoms with Crippen LogP contribution in [0.25, 0.3) is 0 Å². The second-order valence-corrected chi connectivity index (χ2v) is 7.57. The van der Waals surface area contributed by atoms with Gasteiger partial charge in [-0.2, -0.15) is 0 Å². The molecule has 2 aromatic carbocycles. The first-order chi connectivity index (χ1) is 11.5. The first kappa shape index (κ1) is 18.5. The zero-order valence-electron chi connectivity index (χ0n) is 14.5. The molecule has 132 valence electrons. The van der Waals surface area contributed by atoms with Crippen LogP contribution in [0.3, 0.4) is 0 Å². The van der Waals surface area contributed by atoms with Crippen molar-refractivity contribution in [1.82, 2.24) is 4.90 Å². The number of hydrogen-bond donors (Lipinski definition) is 1. The van der Waals surface area contributed by atoms with Crippen LogP contribution in [0.4, 0.5) is 17.1 Å². The summed E-state index contributed by atoms with van der Waals surface area (Å²) in [6.07, 6.45) is 0. The Kier molecular flexibility index (Phi) is 5.27. The van der Waals surface area contributed by atoms with E-state index in [1.165, 1.54) is 0 Å². The molecule has 0 unspecified atom stereocenters. The van der Waals surface area contributed by atoms with Gasteiger partial charge in [-0.15, -0.1) is 0 Å². The molecule has 0 aliphatic carbocycles. The Hall–Kier alpha value is -1.31. The Bertz CT molecular complexity index is 809. The number of para-hydroxylation sites is 1. The number of benzene rings is 2. The van der Waals surface area contributed by atoms with E-state index >= 15 is 0 Å². The lowest BCUT2D eigenvalue weighted by Gasteiger charge is -2.40. The highest BCUT2D eigenvalue weighted by Gasteiger charge is 2.29. The molecule has 1 N–H and O–H groups in total. The monoisotopic (exact) mass is 468 g/mol. The Morgan fingerprint density at radius 3 is 2.52 bits per heavy atom. The van der Waals surface area contributed by atoms with Gasteiger partial charge in [0.25, 0.3) is 0 Å². The zero-order valence-corrected chi connectivity index (χ0v) is 17.4. The van der Waals surface area contributed by atoms with E-state index in [1.807, 2.05) is 18.2 Å². The summed E-state index contributed by atoms with van der Waals surface area (Å²) >= 11 is 6.20. The van der Waals surface area contributed by atoms with Gasteiger partial charge < -0.3 is 38.7 Å². The predicted octanol–water partition coefficient (Wildman–Crippen LogP) is 0.871. The third-order valence-electron chi connectivity index (χ3n) is 4.87. The van der Waals surface area contributed by atoms with Crippen molar-refractivity contribution in [3.63, 3.8) is 0 Å². The van der Waals surface area contributed by atoms with Crippen LogP contribution in [0.15, 0.2) is 47.5 Å². The normalized spacial score (nSPS) is 18.0. The minimum atomic E-state index is 0. The Balaban J connectivity index is 0.00000182. The maximum absolute atomic E-state index is 6.20. The molecule has 2 aliphatic rings. The lowest BCUT2D eigenvalue weighted by molar-refractivity contribution is -0.894. The van der Waals surface area contributed by atoms with Crippen LogP contribution in [-0.2, 0) is 0 Å². The lowest BCUT2D eigenvalue weighted by Crippen LogP contribution is -3.00. The van der Waals surface area contributed by atoms with Gasteiger partial charge in [0.15, 0.2) is 0 Å². The van der Waals surface area contributed by atoms with E-state index in [0.717, 1.165) is 59.1 Å². The van der Waals surface area contributed by atoms with Crippen LogP contribution in [0, 0.1) is 0 Å². The van der Waals surface area contributed by atoms with E-state index in [1.54, 1.807) is 0 Å². The van der Waals surface area contributed by atoms with E-state index in [-0.39, 0.29) is 24.0 Å². The number of hydrogen-bond acceptors (Lipinski definition) is 3. The molecule has 1 fully saturated rings. The van der Waals surface area contributed by atoms with Gasteiger partial charge in [-0.3, -0.25) is 0 Å². The van der Waals surface area contributed by atoms with Crippen molar-refractivity contribution in [2.45, 2.75) is 0 Å². The number of piperazine rings is 1. The fourth-order valence-corrected chi connectivity index (χ4v) is 3.44. The topological polar surface area (TPSA) is 27.6 Å². The number of fused-ring (bicyclic) bond motifs is 2. The van der Waals surface area contributed by atoms with Crippen LogP contribution >= 0.6 is 11.6 Å². The summed E-state index contributed by atoms with van der Waals surface area (Å²) < 4.78 is 1.06. The van der Waals surface area contributed by atoms with Gasteiger partial charge in [-0.25, -0.2) is 4.99 Å². The van der Waals surface area contributed by atoms with Gasteiger partial charge in [0.05, 0.1) is 51.6 Å². The number of rotatable bonds is 0. The van der Waals surface area contributed by atoms with E-state index < -0.39 is 0 Å². The minimum absolute atomic E-state index is 0. The molecule has 0 aromatic heterocycles. The van der Waals surface area contributed by atoms with E-state index in [0.29, 0.717) is 5.02 Å². The molecule has 0 saturated carbocycles. The van der Waals surface area contributed by atoms with Crippen molar-refractivity contribution >= 4 is 34.5 Å². The molecule has 0 amide bonds. The summed E-state index contributed by atoms with van der Waals surface area (Å²) in [5.41, 5.74) is 4.14. The fraction of sp³-hybridized carbons (Fsp3) is 0.316. The SMILES string of the molecule is C[N+]1(C)CCN(C2=Nc3cc(Cl)ccc3Nc3ccccc32)CC1.[I-]. The maximum atomic E-state index is 6.20. The molecule has 0 atom stereocenters. The predicted molar refractivity (Wildman–Crippen MR) is 101 cm³/mol. The molecule has 4 nitrogen and oxygen atoms in total. The molecule has 2 aromatic rings. The quantitative estimate of drug-likeness (QED) is 0.459. The molecule has 2 heterocycles. The van der Waals surface area contributed by atoms with Crippen LogP contribution in [0.5, 0.6) is 0 Å². The summed E-state index contributed by atoms with van der Waals surface area (Å²) in [7, 11) is 4.58. The molecule has 1 saturated heterocycles. The average molecular weight is 469 g/mol. The van der Waals surface area contributed by atoms with Crippen LogP contribution in [-0.4, -0.2) is 55.5 Å². The van der Waals surface area contributed by atoms with Gasteiger partial charge in [-0.05, 0) is 30.3 Å². The molecule has 0 spiro atoms. The smallest absolute Gasteiger partial charge is 0.139 e. The van der Waals surface area contributed by atoms with Gasteiger partial charge in [-0.1, -0.05) is 23.7 Å². The largest absolute Gasteiger partial charge is 1.00 e. The molecule has 2 aliphatic heterocycles. The minimum Gasteiger partial charge on any atom is -1.00 e. The average Bonchev–Trinajstić information content (AvgIpc) is 2.71. The number of nitrogens with one attached hydrogen (secondary N) is 1. The molecule has 0 radical (unpaired) electrons. The summed E-state index contributed by atoms with van der Waals surface area (Å²) in [5.74, 6) is 1.04. The van der Waals surface area contributed by atoms with Crippen molar-refractivity contribution in [1.29, 1.82) is 0 Å². The number of anilines is 2. The lowest BCUT2D eigenvalue weighted by atomic mass is 10.1. The number of amidine groups is 1. The molecule has 25 heavy (non-hydrogen) atoms.